The van der Waals surface area contributed by atoms with Crippen LogP contribution >= 0.6 is 11.6 Å². The number of aryl methyl sites for hydroxylation is 1. The maximum Gasteiger partial charge on any atom is 0.243 e. The Hall–Kier alpha value is -2.42. The second-order valence-electron chi connectivity index (χ2n) is 8.22. The molecule has 180 valence electrons. The van der Waals surface area contributed by atoms with Gasteiger partial charge in [0.25, 0.3) is 0 Å². The van der Waals surface area contributed by atoms with E-state index in [9.17, 15) is 18.0 Å². The summed E-state index contributed by atoms with van der Waals surface area (Å²) in [5.41, 5.74) is 1.88. The summed E-state index contributed by atoms with van der Waals surface area (Å²) in [5.74, 6) is -0.753. The zero-order valence-corrected chi connectivity index (χ0v) is 21.3. The molecule has 0 aliphatic carbocycles. The molecule has 2 amide bonds. The number of rotatable bonds is 10. The van der Waals surface area contributed by atoms with Crippen molar-refractivity contribution in [3.05, 3.63) is 64.7 Å². The Morgan fingerprint density at radius 2 is 1.73 bits per heavy atom. The normalized spacial score (nSPS) is 13.4. The molecule has 2 unspecified atom stereocenters. The molecule has 2 rings (SSSR count). The van der Waals surface area contributed by atoms with Crippen molar-refractivity contribution < 1.29 is 18.0 Å². The first kappa shape index (κ1) is 26.8. The first-order valence-electron chi connectivity index (χ1n) is 10.8. The van der Waals surface area contributed by atoms with Gasteiger partial charge in [0.2, 0.25) is 21.8 Å². The predicted molar refractivity (Wildman–Crippen MR) is 130 cm³/mol. The highest BCUT2D eigenvalue weighted by atomic mass is 35.5. The number of hydrogen-bond donors (Lipinski definition) is 1. The van der Waals surface area contributed by atoms with Gasteiger partial charge >= 0.3 is 0 Å². The van der Waals surface area contributed by atoms with Crippen molar-refractivity contribution in [2.24, 2.45) is 0 Å². The number of amides is 2. The van der Waals surface area contributed by atoms with Crippen LogP contribution in [0.3, 0.4) is 0 Å². The summed E-state index contributed by atoms with van der Waals surface area (Å²) in [4.78, 5) is 27.6. The molecule has 0 aliphatic rings. The van der Waals surface area contributed by atoms with Crippen LogP contribution in [0.2, 0.25) is 5.02 Å². The van der Waals surface area contributed by atoms with Crippen LogP contribution in [0.4, 0.5) is 0 Å². The van der Waals surface area contributed by atoms with Crippen LogP contribution in [0.25, 0.3) is 0 Å². The number of hydrogen-bond acceptors (Lipinski definition) is 4. The van der Waals surface area contributed by atoms with Crippen molar-refractivity contribution in [2.75, 3.05) is 13.6 Å². The van der Waals surface area contributed by atoms with E-state index < -0.39 is 28.5 Å². The molecule has 0 aromatic heterocycles. The van der Waals surface area contributed by atoms with Crippen LogP contribution in [0.1, 0.15) is 38.3 Å². The Kier molecular flexibility index (Phi) is 9.46. The van der Waals surface area contributed by atoms with Crippen LogP contribution in [-0.4, -0.2) is 55.1 Å². The van der Waals surface area contributed by atoms with Crippen LogP contribution < -0.4 is 5.32 Å². The van der Waals surface area contributed by atoms with Crippen LogP contribution in [-0.2, 0) is 26.2 Å². The Morgan fingerprint density at radius 3 is 2.30 bits per heavy atom. The van der Waals surface area contributed by atoms with E-state index in [4.69, 9.17) is 11.6 Å². The molecule has 0 saturated heterocycles. The molecule has 9 heteroatoms. The van der Waals surface area contributed by atoms with E-state index in [-0.39, 0.29) is 23.4 Å². The van der Waals surface area contributed by atoms with Gasteiger partial charge in [-0.3, -0.25) is 9.59 Å². The molecule has 2 aromatic carbocycles. The van der Waals surface area contributed by atoms with E-state index in [1.54, 1.807) is 6.92 Å². The number of likely N-dealkylation sites (N-methyl/N-ethyl adjacent to an activating group) is 1. The lowest BCUT2D eigenvalue weighted by Gasteiger charge is -2.31. The lowest BCUT2D eigenvalue weighted by Crippen LogP contribution is -2.51. The predicted octanol–water partition coefficient (Wildman–Crippen LogP) is 3.60. The van der Waals surface area contributed by atoms with E-state index in [0.717, 1.165) is 21.9 Å². The van der Waals surface area contributed by atoms with Crippen molar-refractivity contribution in [1.29, 1.82) is 0 Å². The standard InChI is InChI=1S/C24H32ClN3O4S/c1-6-18(3)26-24(30)19(4)28(15-20-9-7-8-17(2)14-20)23(29)16-27(5)33(31,32)22-12-10-21(25)11-13-22/h7-14,18-19H,6,15-16H2,1-5H3,(H,26,30). The molecule has 0 fully saturated rings. The number of nitrogens with zero attached hydrogens (tertiary/aromatic N) is 2. The van der Waals surface area contributed by atoms with Gasteiger partial charge in [-0.25, -0.2) is 8.42 Å². The number of sulfonamides is 1. The third-order valence-corrected chi connectivity index (χ3v) is 7.55. The van der Waals surface area contributed by atoms with Gasteiger partial charge in [-0.15, -0.1) is 0 Å². The molecule has 2 aromatic rings. The summed E-state index contributed by atoms with van der Waals surface area (Å²) in [7, 11) is -2.56. The van der Waals surface area contributed by atoms with E-state index >= 15 is 0 Å². The highest BCUT2D eigenvalue weighted by Crippen LogP contribution is 2.18. The van der Waals surface area contributed by atoms with Gasteiger partial charge in [0.15, 0.2) is 0 Å². The highest BCUT2D eigenvalue weighted by molar-refractivity contribution is 7.89. The zero-order valence-electron chi connectivity index (χ0n) is 19.7. The molecular formula is C24H32ClN3O4S. The lowest BCUT2D eigenvalue weighted by molar-refractivity contribution is -0.140. The Bertz CT molecular complexity index is 1070. The molecule has 2 atom stereocenters. The zero-order chi connectivity index (χ0) is 24.8. The van der Waals surface area contributed by atoms with Crippen LogP contribution in [0.15, 0.2) is 53.4 Å². The number of carbonyl (C=O) groups is 2. The van der Waals surface area contributed by atoms with E-state index in [1.807, 2.05) is 45.0 Å². The average Bonchev–Trinajstić information content (AvgIpc) is 2.77. The summed E-state index contributed by atoms with van der Waals surface area (Å²) >= 11 is 5.86. The fourth-order valence-electron chi connectivity index (χ4n) is 3.21. The number of halogens is 1. The molecular weight excluding hydrogens is 462 g/mol. The summed E-state index contributed by atoms with van der Waals surface area (Å²) in [6, 6.07) is 12.6. The number of carbonyl (C=O) groups excluding carboxylic acids is 2. The molecule has 0 aliphatic heterocycles. The smallest absolute Gasteiger partial charge is 0.243 e. The van der Waals surface area contributed by atoms with Gasteiger partial charge < -0.3 is 10.2 Å². The van der Waals surface area contributed by atoms with Crippen molar-refractivity contribution in [3.63, 3.8) is 0 Å². The molecule has 1 N–H and O–H groups in total. The maximum atomic E-state index is 13.3. The summed E-state index contributed by atoms with van der Waals surface area (Å²) in [6.07, 6.45) is 0.756. The van der Waals surface area contributed by atoms with E-state index in [0.29, 0.717) is 5.02 Å². The monoisotopic (exact) mass is 493 g/mol. The summed E-state index contributed by atoms with van der Waals surface area (Å²) in [5, 5.41) is 3.31. The van der Waals surface area contributed by atoms with Gasteiger partial charge in [-0.05, 0) is 57.0 Å². The second kappa shape index (κ2) is 11.6. The third kappa shape index (κ3) is 7.28. The van der Waals surface area contributed by atoms with Crippen LogP contribution in [0, 0.1) is 6.92 Å². The largest absolute Gasteiger partial charge is 0.352 e. The minimum absolute atomic E-state index is 0.0370. The Balaban J connectivity index is 2.27. The lowest BCUT2D eigenvalue weighted by atomic mass is 10.1. The van der Waals surface area contributed by atoms with Crippen molar-refractivity contribution in [3.8, 4) is 0 Å². The van der Waals surface area contributed by atoms with Gasteiger partial charge in [0.1, 0.15) is 6.04 Å². The highest BCUT2D eigenvalue weighted by Gasteiger charge is 2.30. The quantitative estimate of drug-likeness (QED) is 0.547. The third-order valence-electron chi connectivity index (χ3n) is 5.48. The fourth-order valence-corrected chi connectivity index (χ4v) is 4.45. The van der Waals surface area contributed by atoms with Gasteiger partial charge in [-0.2, -0.15) is 4.31 Å². The molecule has 0 saturated carbocycles. The summed E-state index contributed by atoms with van der Waals surface area (Å²) < 4.78 is 26.8. The Labute approximate surface area is 201 Å². The SMILES string of the molecule is CCC(C)NC(=O)C(C)N(Cc1cccc(C)c1)C(=O)CN(C)S(=O)(=O)c1ccc(Cl)cc1. The molecule has 0 radical (unpaired) electrons. The minimum Gasteiger partial charge on any atom is -0.352 e. The van der Waals surface area contributed by atoms with Crippen molar-refractivity contribution in [1.82, 2.24) is 14.5 Å². The van der Waals surface area contributed by atoms with Crippen molar-refractivity contribution in [2.45, 2.75) is 57.6 Å². The molecule has 33 heavy (non-hydrogen) atoms. The van der Waals surface area contributed by atoms with Crippen molar-refractivity contribution >= 4 is 33.4 Å². The average molecular weight is 494 g/mol. The van der Waals surface area contributed by atoms with E-state index in [2.05, 4.69) is 5.32 Å². The fraction of sp³-hybridized carbons (Fsp3) is 0.417. The first-order chi connectivity index (χ1) is 15.4. The molecule has 0 bridgehead atoms. The second-order valence-corrected chi connectivity index (χ2v) is 10.7. The molecule has 0 heterocycles. The topological polar surface area (TPSA) is 86.8 Å². The van der Waals surface area contributed by atoms with Crippen LogP contribution in [0.5, 0.6) is 0 Å². The number of benzene rings is 2. The van der Waals surface area contributed by atoms with Gasteiger partial charge in [0, 0.05) is 24.7 Å². The Morgan fingerprint density at radius 1 is 1.09 bits per heavy atom. The minimum atomic E-state index is -3.91. The van der Waals surface area contributed by atoms with Gasteiger partial charge in [0.05, 0.1) is 11.4 Å². The summed E-state index contributed by atoms with van der Waals surface area (Å²) in [6.45, 7) is 7.23. The first-order valence-corrected chi connectivity index (χ1v) is 12.6. The molecule has 0 spiro atoms. The molecule has 7 nitrogen and oxygen atoms in total. The van der Waals surface area contributed by atoms with Gasteiger partial charge in [-0.1, -0.05) is 48.4 Å². The maximum absolute atomic E-state index is 13.3. The number of nitrogens with one attached hydrogen (secondary N) is 1. The van der Waals surface area contributed by atoms with E-state index in [1.165, 1.54) is 36.2 Å².